The summed E-state index contributed by atoms with van der Waals surface area (Å²) in [5, 5.41) is 0. The number of carbonyl (C=O) groups excluding carboxylic acids is 2. The Balaban J connectivity index is 1.91. The van der Waals surface area contributed by atoms with Crippen molar-refractivity contribution in [3.63, 3.8) is 0 Å². The minimum Gasteiger partial charge on any atom is -0.493 e. The SMILES string of the molecule is COc1ccc(/C=C2\Oc3c(ccc(OCC(N)=O)c3C)C2=O)cc1OC. The number of hydrogen-bond donors (Lipinski definition) is 1. The Bertz CT molecular complexity index is 948. The van der Waals surface area contributed by atoms with E-state index in [1.807, 2.05) is 0 Å². The summed E-state index contributed by atoms with van der Waals surface area (Å²) >= 11 is 0. The van der Waals surface area contributed by atoms with Crippen LogP contribution in [0.3, 0.4) is 0 Å². The van der Waals surface area contributed by atoms with Crippen molar-refractivity contribution in [3.8, 4) is 23.0 Å². The van der Waals surface area contributed by atoms with Gasteiger partial charge < -0.3 is 24.7 Å². The van der Waals surface area contributed by atoms with E-state index in [1.54, 1.807) is 57.6 Å². The number of amides is 1. The smallest absolute Gasteiger partial charge is 0.255 e. The normalized spacial score (nSPS) is 13.9. The Hall–Kier alpha value is -3.48. The molecule has 0 aromatic heterocycles. The van der Waals surface area contributed by atoms with Crippen LogP contribution < -0.4 is 24.7 Å². The minimum atomic E-state index is -0.582. The standard InChI is InChI=1S/C20H19NO6/c1-11-14(26-10-18(21)22)7-5-13-19(23)17(27-20(11)13)9-12-4-6-15(24-2)16(8-12)25-3/h4-9H,10H2,1-3H3,(H2,21,22)/b17-9-. The van der Waals surface area contributed by atoms with E-state index in [0.717, 1.165) is 5.56 Å². The summed E-state index contributed by atoms with van der Waals surface area (Å²) in [4.78, 5) is 23.6. The second-order valence-corrected chi connectivity index (χ2v) is 5.87. The molecule has 0 aliphatic carbocycles. The lowest BCUT2D eigenvalue weighted by molar-refractivity contribution is -0.119. The molecule has 3 rings (SSSR count). The Labute approximate surface area is 156 Å². The predicted molar refractivity (Wildman–Crippen MR) is 98.3 cm³/mol. The number of fused-ring (bicyclic) bond motifs is 1. The summed E-state index contributed by atoms with van der Waals surface area (Å²) in [6, 6.07) is 8.52. The molecule has 0 radical (unpaired) electrons. The maximum Gasteiger partial charge on any atom is 0.255 e. The zero-order valence-electron chi connectivity index (χ0n) is 15.2. The van der Waals surface area contributed by atoms with E-state index in [-0.39, 0.29) is 18.1 Å². The first-order chi connectivity index (χ1) is 12.9. The van der Waals surface area contributed by atoms with Gasteiger partial charge in [-0.3, -0.25) is 9.59 Å². The third-order valence-electron chi connectivity index (χ3n) is 4.11. The number of ketones is 1. The lowest BCUT2D eigenvalue weighted by Crippen LogP contribution is -2.20. The van der Waals surface area contributed by atoms with Crippen LogP contribution in [-0.2, 0) is 4.79 Å². The van der Waals surface area contributed by atoms with Crippen molar-refractivity contribution in [2.24, 2.45) is 5.73 Å². The molecule has 0 atom stereocenters. The number of primary amides is 1. The summed E-state index contributed by atoms with van der Waals surface area (Å²) < 4.78 is 21.6. The monoisotopic (exact) mass is 369 g/mol. The van der Waals surface area contributed by atoms with Crippen LogP contribution in [0.25, 0.3) is 6.08 Å². The lowest BCUT2D eigenvalue weighted by Gasteiger charge is -2.10. The van der Waals surface area contributed by atoms with E-state index in [1.165, 1.54) is 0 Å². The van der Waals surface area contributed by atoms with Crippen LogP contribution in [-0.4, -0.2) is 32.5 Å². The Kier molecular flexibility index (Phi) is 5.03. The van der Waals surface area contributed by atoms with Crippen molar-refractivity contribution in [2.75, 3.05) is 20.8 Å². The fourth-order valence-electron chi connectivity index (χ4n) is 2.77. The van der Waals surface area contributed by atoms with Crippen LogP contribution in [0.1, 0.15) is 21.5 Å². The van der Waals surface area contributed by atoms with Crippen molar-refractivity contribution in [1.29, 1.82) is 0 Å². The topological polar surface area (TPSA) is 97.1 Å². The summed E-state index contributed by atoms with van der Waals surface area (Å²) in [7, 11) is 3.09. The molecule has 2 N–H and O–H groups in total. The van der Waals surface area contributed by atoms with Crippen LogP contribution in [0.4, 0.5) is 0 Å². The van der Waals surface area contributed by atoms with Gasteiger partial charge in [0.1, 0.15) is 11.5 Å². The number of nitrogens with two attached hydrogens (primary N) is 1. The zero-order chi connectivity index (χ0) is 19.6. The molecule has 1 amide bonds. The molecule has 1 heterocycles. The van der Waals surface area contributed by atoms with Crippen LogP contribution in [0, 0.1) is 6.92 Å². The molecule has 0 spiro atoms. The third-order valence-corrected chi connectivity index (χ3v) is 4.11. The number of Topliss-reactive ketones (excluding diaryl/α,β-unsaturated/α-hetero) is 1. The van der Waals surface area contributed by atoms with Crippen molar-refractivity contribution < 1.29 is 28.5 Å². The quantitative estimate of drug-likeness (QED) is 0.786. The van der Waals surface area contributed by atoms with Crippen LogP contribution in [0.15, 0.2) is 36.1 Å². The van der Waals surface area contributed by atoms with E-state index in [2.05, 4.69) is 0 Å². The van der Waals surface area contributed by atoms with E-state index >= 15 is 0 Å². The molecule has 1 aliphatic rings. The fraction of sp³-hybridized carbons (Fsp3) is 0.200. The molecule has 0 saturated carbocycles. The number of rotatable bonds is 6. The van der Waals surface area contributed by atoms with Gasteiger partial charge in [-0.05, 0) is 42.8 Å². The molecule has 140 valence electrons. The van der Waals surface area contributed by atoms with Crippen LogP contribution in [0.5, 0.6) is 23.0 Å². The zero-order valence-corrected chi connectivity index (χ0v) is 15.2. The maximum absolute atomic E-state index is 12.6. The molecular formula is C20H19NO6. The van der Waals surface area contributed by atoms with Gasteiger partial charge in [-0.25, -0.2) is 0 Å². The molecule has 7 nitrogen and oxygen atoms in total. The molecule has 0 fully saturated rings. The maximum atomic E-state index is 12.6. The largest absolute Gasteiger partial charge is 0.493 e. The number of ether oxygens (including phenoxy) is 4. The van der Waals surface area contributed by atoms with Gasteiger partial charge >= 0.3 is 0 Å². The summed E-state index contributed by atoms with van der Waals surface area (Å²) in [6.07, 6.45) is 1.63. The highest BCUT2D eigenvalue weighted by Gasteiger charge is 2.30. The van der Waals surface area contributed by atoms with Crippen molar-refractivity contribution in [2.45, 2.75) is 6.92 Å². The van der Waals surface area contributed by atoms with E-state index < -0.39 is 5.91 Å². The average molecular weight is 369 g/mol. The number of hydrogen-bond acceptors (Lipinski definition) is 6. The number of carbonyl (C=O) groups is 2. The number of allylic oxidation sites excluding steroid dienone is 1. The second kappa shape index (κ2) is 7.41. The second-order valence-electron chi connectivity index (χ2n) is 5.87. The van der Waals surface area contributed by atoms with Gasteiger partial charge in [0.25, 0.3) is 5.91 Å². The molecule has 1 aliphatic heterocycles. The summed E-state index contributed by atoms with van der Waals surface area (Å²) in [5.74, 6) is 1.36. The highest BCUT2D eigenvalue weighted by atomic mass is 16.5. The fourth-order valence-corrected chi connectivity index (χ4v) is 2.77. The van der Waals surface area contributed by atoms with Gasteiger partial charge in [0.05, 0.1) is 19.8 Å². The van der Waals surface area contributed by atoms with Gasteiger partial charge in [-0.15, -0.1) is 0 Å². The number of benzene rings is 2. The summed E-state index contributed by atoms with van der Waals surface area (Å²) in [6.45, 7) is 1.50. The molecule has 0 bridgehead atoms. The molecule has 0 saturated heterocycles. The first kappa shape index (κ1) is 18.3. The van der Waals surface area contributed by atoms with Gasteiger partial charge in [0, 0.05) is 5.56 Å². The van der Waals surface area contributed by atoms with Gasteiger partial charge in [0.2, 0.25) is 5.78 Å². The Morgan fingerprint density at radius 1 is 1.11 bits per heavy atom. The predicted octanol–water partition coefficient (Wildman–Crippen LogP) is 2.49. The molecule has 27 heavy (non-hydrogen) atoms. The molecule has 2 aromatic carbocycles. The average Bonchev–Trinajstić information content (AvgIpc) is 2.97. The van der Waals surface area contributed by atoms with Crippen molar-refractivity contribution in [3.05, 3.63) is 52.8 Å². The van der Waals surface area contributed by atoms with Crippen LogP contribution >= 0.6 is 0 Å². The first-order valence-corrected chi connectivity index (χ1v) is 8.15. The van der Waals surface area contributed by atoms with E-state index in [9.17, 15) is 9.59 Å². The molecule has 7 heteroatoms. The van der Waals surface area contributed by atoms with Crippen LogP contribution in [0.2, 0.25) is 0 Å². The van der Waals surface area contributed by atoms with Crippen molar-refractivity contribution >= 4 is 17.8 Å². The lowest BCUT2D eigenvalue weighted by atomic mass is 10.1. The summed E-state index contributed by atoms with van der Waals surface area (Å²) in [5.41, 5.74) is 6.89. The van der Waals surface area contributed by atoms with Gasteiger partial charge in [-0.2, -0.15) is 0 Å². The number of methoxy groups -OCH3 is 2. The van der Waals surface area contributed by atoms with Gasteiger partial charge in [0.15, 0.2) is 23.9 Å². The van der Waals surface area contributed by atoms with E-state index in [4.69, 9.17) is 24.7 Å². The Morgan fingerprint density at radius 2 is 1.81 bits per heavy atom. The van der Waals surface area contributed by atoms with E-state index in [0.29, 0.717) is 34.1 Å². The molecule has 0 unspecified atom stereocenters. The highest BCUT2D eigenvalue weighted by Crippen LogP contribution is 2.39. The molecule has 2 aromatic rings. The molecular weight excluding hydrogens is 350 g/mol. The van der Waals surface area contributed by atoms with Crippen molar-refractivity contribution in [1.82, 2.24) is 0 Å². The highest BCUT2D eigenvalue weighted by molar-refractivity contribution is 6.15. The van der Waals surface area contributed by atoms with Gasteiger partial charge in [-0.1, -0.05) is 6.07 Å². The first-order valence-electron chi connectivity index (χ1n) is 8.15. The minimum absolute atomic E-state index is 0.187. The Morgan fingerprint density at radius 3 is 2.48 bits per heavy atom. The third kappa shape index (κ3) is 3.57.